The van der Waals surface area contributed by atoms with Gasteiger partial charge in [-0.25, -0.2) is 0 Å². The van der Waals surface area contributed by atoms with Gasteiger partial charge in [-0.15, -0.1) is 0 Å². The van der Waals surface area contributed by atoms with Crippen molar-refractivity contribution in [3.05, 3.63) is 88.5 Å². The van der Waals surface area contributed by atoms with Crippen LogP contribution in [0.2, 0.25) is 0 Å². The average molecular weight is 429 g/mol. The monoisotopic (exact) mass is 429 g/mol. The van der Waals surface area contributed by atoms with Crippen LogP contribution in [0.4, 0.5) is 5.69 Å². The molecule has 2 atom stereocenters. The average Bonchev–Trinajstić information content (AvgIpc) is 2.82. The second-order valence-corrected chi connectivity index (χ2v) is 7.77. The lowest BCUT2D eigenvalue weighted by atomic mass is 9.83. The van der Waals surface area contributed by atoms with E-state index in [2.05, 4.69) is 5.32 Å². The predicted molar refractivity (Wildman–Crippen MR) is 120 cm³/mol. The largest absolute Gasteiger partial charge is 0.497 e. The zero-order valence-electron chi connectivity index (χ0n) is 17.9. The van der Waals surface area contributed by atoms with Crippen molar-refractivity contribution >= 4 is 17.3 Å². The molecule has 0 fully saturated rings. The molecule has 2 aliphatic rings. The Morgan fingerprint density at radius 2 is 1.72 bits per heavy atom. The number of carbonyl (C=O) groups excluding carboxylic acids is 2. The highest BCUT2D eigenvalue weighted by Crippen LogP contribution is 2.41. The van der Waals surface area contributed by atoms with E-state index in [0.29, 0.717) is 52.5 Å². The molecule has 3 aromatic rings. The maximum atomic E-state index is 13.4. The summed E-state index contributed by atoms with van der Waals surface area (Å²) in [7, 11) is 1.62. The summed E-state index contributed by atoms with van der Waals surface area (Å²) in [5, 5.41) is 3.50. The van der Waals surface area contributed by atoms with Crippen LogP contribution in [0.25, 0.3) is 0 Å². The first-order valence-corrected chi connectivity index (χ1v) is 10.6. The van der Waals surface area contributed by atoms with Crippen molar-refractivity contribution in [3.8, 4) is 11.5 Å². The normalized spacial score (nSPS) is 18.8. The molecule has 0 saturated carbocycles. The molecule has 0 radical (unpaired) electrons. The first-order chi connectivity index (χ1) is 15.6. The number of fused-ring (bicyclic) bond motifs is 3. The fraction of sp³-hybridized carbons (Fsp3) is 0.231. The minimum absolute atomic E-state index is 0.139. The van der Waals surface area contributed by atoms with Gasteiger partial charge in [-0.05, 0) is 31.2 Å². The molecule has 6 heteroatoms. The molecular formula is C26H23NO5. The summed E-state index contributed by atoms with van der Waals surface area (Å²) in [4.78, 5) is 26.4. The molecule has 1 N–H and O–H groups in total. The Morgan fingerprint density at radius 1 is 0.969 bits per heavy atom. The third-order valence-electron chi connectivity index (χ3n) is 5.91. The van der Waals surface area contributed by atoms with E-state index in [-0.39, 0.29) is 17.6 Å². The highest BCUT2D eigenvalue weighted by atomic mass is 16.7. The quantitative estimate of drug-likeness (QED) is 0.493. The second-order valence-electron chi connectivity index (χ2n) is 7.77. The van der Waals surface area contributed by atoms with Gasteiger partial charge in [-0.2, -0.15) is 0 Å². The molecule has 32 heavy (non-hydrogen) atoms. The van der Waals surface area contributed by atoms with Crippen molar-refractivity contribution in [3.63, 3.8) is 0 Å². The number of anilines is 1. The highest BCUT2D eigenvalue weighted by Gasteiger charge is 2.34. The van der Waals surface area contributed by atoms with Gasteiger partial charge >= 0.3 is 0 Å². The van der Waals surface area contributed by atoms with Gasteiger partial charge in [0.05, 0.1) is 18.7 Å². The minimum Gasteiger partial charge on any atom is -0.497 e. The number of hydrogen-bond acceptors (Lipinski definition) is 6. The van der Waals surface area contributed by atoms with Crippen molar-refractivity contribution in [1.82, 2.24) is 0 Å². The van der Waals surface area contributed by atoms with Gasteiger partial charge in [0, 0.05) is 41.0 Å². The summed E-state index contributed by atoms with van der Waals surface area (Å²) in [6.45, 7) is 2.44. The molecule has 0 bridgehead atoms. The molecule has 6 nitrogen and oxygen atoms in total. The van der Waals surface area contributed by atoms with E-state index in [1.807, 2.05) is 31.2 Å². The van der Waals surface area contributed by atoms with Crippen LogP contribution in [-0.2, 0) is 4.74 Å². The Balaban J connectivity index is 1.56. The van der Waals surface area contributed by atoms with E-state index in [1.165, 1.54) is 0 Å². The summed E-state index contributed by atoms with van der Waals surface area (Å²) >= 11 is 0. The van der Waals surface area contributed by atoms with Crippen LogP contribution in [0.3, 0.4) is 0 Å². The van der Waals surface area contributed by atoms with Crippen LogP contribution in [-0.4, -0.2) is 31.6 Å². The summed E-state index contributed by atoms with van der Waals surface area (Å²) in [5.41, 5.74) is 3.22. The zero-order valence-corrected chi connectivity index (χ0v) is 17.9. The number of methoxy groups -OCH3 is 1. The SMILES string of the molecule is CCO[C@@H]1C[C@H](Nc2cccc3c2C(=O)c2ccccc2C3=O)c2cc(OC)ccc2O1. The standard InChI is InChI=1S/C26H23NO5/c1-3-31-23-14-21(19-13-15(30-2)11-12-22(19)32-23)27-20-10-6-9-18-24(20)26(29)17-8-5-4-7-16(17)25(18)28/h4-13,21,23,27H,3,14H2,1-2H3/t21-,23-/m0/s1. The Hall–Kier alpha value is -3.64. The number of ether oxygens (including phenoxy) is 3. The van der Waals surface area contributed by atoms with Crippen molar-refractivity contribution < 1.29 is 23.8 Å². The number of hydrogen-bond donors (Lipinski definition) is 1. The molecular weight excluding hydrogens is 406 g/mol. The van der Waals surface area contributed by atoms with Crippen LogP contribution < -0.4 is 14.8 Å². The topological polar surface area (TPSA) is 73.9 Å². The lowest BCUT2D eigenvalue weighted by molar-refractivity contribution is -0.0900. The lowest BCUT2D eigenvalue weighted by Gasteiger charge is -2.33. The van der Waals surface area contributed by atoms with Crippen LogP contribution in [0.15, 0.2) is 60.7 Å². The van der Waals surface area contributed by atoms with Gasteiger partial charge in [-0.3, -0.25) is 9.59 Å². The minimum atomic E-state index is -0.420. The fourth-order valence-corrected chi connectivity index (χ4v) is 4.42. The van der Waals surface area contributed by atoms with Crippen molar-refractivity contribution in [2.45, 2.75) is 25.7 Å². The van der Waals surface area contributed by atoms with Gasteiger partial charge < -0.3 is 19.5 Å². The van der Waals surface area contributed by atoms with E-state index in [4.69, 9.17) is 14.2 Å². The Labute approximate surface area is 186 Å². The molecule has 3 aromatic carbocycles. The smallest absolute Gasteiger partial charge is 0.202 e. The summed E-state index contributed by atoms with van der Waals surface area (Å²) in [5.74, 6) is 1.12. The van der Waals surface area contributed by atoms with E-state index in [1.54, 1.807) is 43.5 Å². The van der Waals surface area contributed by atoms with Crippen molar-refractivity contribution in [1.29, 1.82) is 0 Å². The van der Waals surface area contributed by atoms with Gasteiger partial charge in [0.25, 0.3) is 0 Å². The fourth-order valence-electron chi connectivity index (χ4n) is 4.42. The third-order valence-corrected chi connectivity index (χ3v) is 5.91. The van der Waals surface area contributed by atoms with Gasteiger partial charge in [0.2, 0.25) is 6.29 Å². The van der Waals surface area contributed by atoms with Gasteiger partial charge in [-0.1, -0.05) is 36.4 Å². The van der Waals surface area contributed by atoms with E-state index >= 15 is 0 Å². The first-order valence-electron chi connectivity index (χ1n) is 10.6. The van der Waals surface area contributed by atoms with Crippen LogP contribution in [0.1, 0.15) is 56.8 Å². The number of ketones is 2. The Kier molecular flexibility index (Phi) is 5.15. The Bertz CT molecular complexity index is 1220. The van der Waals surface area contributed by atoms with Crippen molar-refractivity contribution in [2.24, 2.45) is 0 Å². The molecule has 1 heterocycles. The second kappa shape index (κ2) is 8.13. The van der Waals surface area contributed by atoms with Gasteiger partial charge in [0.15, 0.2) is 11.6 Å². The molecule has 0 saturated heterocycles. The van der Waals surface area contributed by atoms with Crippen LogP contribution in [0.5, 0.6) is 11.5 Å². The molecule has 0 amide bonds. The number of nitrogens with one attached hydrogen (secondary N) is 1. The molecule has 0 unspecified atom stereocenters. The van der Waals surface area contributed by atoms with E-state index in [0.717, 1.165) is 5.56 Å². The Morgan fingerprint density at radius 3 is 2.47 bits per heavy atom. The molecule has 1 aliphatic heterocycles. The number of rotatable bonds is 5. The summed E-state index contributed by atoms with van der Waals surface area (Å²) in [6, 6.07) is 17.7. The lowest BCUT2D eigenvalue weighted by Crippen LogP contribution is -2.32. The van der Waals surface area contributed by atoms with Crippen molar-refractivity contribution in [2.75, 3.05) is 19.0 Å². The summed E-state index contributed by atoms with van der Waals surface area (Å²) < 4.78 is 17.1. The zero-order chi connectivity index (χ0) is 22.2. The van der Waals surface area contributed by atoms with Gasteiger partial charge in [0.1, 0.15) is 11.5 Å². The molecule has 0 spiro atoms. The maximum Gasteiger partial charge on any atom is 0.202 e. The maximum absolute atomic E-state index is 13.4. The van der Waals surface area contributed by atoms with E-state index in [9.17, 15) is 9.59 Å². The summed E-state index contributed by atoms with van der Waals surface area (Å²) in [6.07, 6.45) is 0.118. The number of benzene rings is 3. The molecule has 5 rings (SSSR count). The molecule has 0 aromatic heterocycles. The molecule has 162 valence electrons. The third kappa shape index (κ3) is 3.33. The van der Waals surface area contributed by atoms with Crippen LogP contribution >= 0.6 is 0 Å². The molecule has 1 aliphatic carbocycles. The highest BCUT2D eigenvalue weighted by molar-refractivity contribution is 6.30. The van der Waals surface area contributed by atoms with E-state index < -0.39 is 6.29 Å². The predicted octanol–water partition coefficient (Wildman–Crippen LogP) is 4.77. The number of carbonyl (C=O) groups is 2. The first kappa shape index (κ1) is 20.3. The van der Waals surface area contributed by atoms with Crippen LogP contribution in [0, 0.1) is 0 Å².